The van der Waals surface area contributed by atoms with Crippen molar-refractivity contribution < 1.29 is 18.6 Å². The molecule has 180 valence electrons. The molecular weight excluding hydrogens is 443 g/mol. The maximum Gasteiger partial charge on any atom is 0.134 e. The van der Waals surface area contributed by atoms with E-state index >= 15 is 0 Å². The van der Waals surface area contributed by atoms with Crippen LogP contribution in [0.25, 0.3) is 0 Å². The average molecular weight is 473 g/mol. The zero-order valence-corrected chi connectivity index (χ0v) is 19.9. The molecule has 0 atom stereocenters. The number of rotatable bonds is 11. The number of hydrogen-bond donors (Lipinski definition) is 2. The van der Waals surface area contributed by atoms with Crippen LogP contribution in [0.4, 0.5) is 15.8 Å². The van der Waals surface area contributed by atoms with Crippen LogP contribution < -0.4 is 24.8 Å². The third kappa shape index (κ3) is 6.74. The van der Waals surface area contributed by atoms with Crippen molar-refractivity contribution in [1.82, 2.24) is 5.32 Å². The van der Waals surface area contributed by atoms with Gasteiger partial charge >= 0.3 is 0 Å². The number of hydrogen-bond acceptors (Lipinski definition) is 5. The molecule has 0 amide bonds. The maximum atomic E-state index is 13.1. The van der Waals surface area contributed by atoms with Gasteiger partial charge in [0.05, 0.1) is 19.8 Å². The van der Waals surface area contributed by atoms with E-state index in [-0.39, 0.29) is 5.82 Å². The highest BCUT2D eigenvalue weighted by molar-refractivity contribution is 5.60. The van der Waals surface area contributed by atoms with Crippen molar-refractivity contribution in [3.63, 3.8) is 0 Å². The smallest absolute Gasteiger partial charge is 0.134 e. The Morgan fingerprint density at radius 3 is 1.97 bits per heavy atom. The largest absolute Gasteiger partial charge is 0.496 e. The molecule has 4 aromatic rings. The highest BCUT2D eigenvalue weighted by Crippen LogP contribution is 2.36. The molecule has 0 fully saturated rings. The molecule has 0 radical (unpaired) electrons. The molecule has 0 aliphatic carbocycles. The molecule has 0 heterocycles. The Bertz CT molecular complexity index is 1190. The van der Waals surface area contributed by atoms with Crippen molar-refractivity contribution in [3.8, 4) is 23.0 Å². The number of ether oxygens (including phenoxy) is 3. The van der Waals surface area contributed by atoms with E-state index < -0.39 is 0 Å². The van der Waals surface area contributed by atoms with Gasteiger partial charge in [0.2, 0.25) is 0 Å². The summed E-state index contributed by atoms with van der Waals surface area (Å²) in [6.45, 7) is 1.30. The van der Waals surface area contributed by atoms with Gasteiger partial charge in [-0.05, 0) is 67.1 Å². The topological polar surface area (TPSA) is 51.8 Å². The molecule has 0 bridgehead atoms. The van der Waals surface area contributed by atoms with Crippen molar-refractivity contribution in [2.45, 2.75) is 13.0 Å². The van der Waals surface area contributed by atoms with Gasteiger partial charge in [0.25, 0.3) is 0 Å². The molecule has 0 unspecified atom stereocenters. The van der Waals surface area contributed by atoms with Crippen LogP contribution in [0.5, 0.6) is 23.0 Å². The predicted octanol–water partition coefficient (Wildman–Crippen LogP) is 6.71. The second kappa shape index (κ2) is 11.9. The second-order valence-electron chi connectivity index (χ2n) is 7.98. The van der Waals surface area contributed by atoms with E-state index in [1.807, 2.05) is 66.7 Å². The van der Waals surface area contributed by atoms with E-state index in [4.69, 9.17) is 14.2 Å². The Labute approximate surface area is 205 Å². The highest BCUT2D eigenvalue weighted by Gasteiger charge is 2.14. The molecule has 4 rings (SSSR count). The number of para-hydroxylation sites is 1. The Morgan fingerprint density at radius 2 is 1.34 bits per heavy atom. The Kier molecular flexibility index (Phi) is 8.20. The van der Waals surface area contributed by atoms with Crippen molar-refractivity contribution >= 4 is 11.4 Å². The summed E-state index contributed by atoms with van der Waals surface area (Å²) in [4.78, 5) is 0. The fourth-order valence-electron chi connectivity index (χ4n) is 3.72. The monoisotopic (exact) mass is 472 g/mol. The molecule has 2 N–H and O–H groups in total. The molecule has 4 aromatic carbocycles. The zero-order valence-electron chi connectivity index (χ0n) is 19.9. The quantitative estimate of drug-likeness (QED) is 0.238. The fraction of sp³-hybridized carbons (Fsp3) is 0.172. The molecule has 5 nitrogen and oxygen atoms in total. The van der Waals surface area contributed by atoms with Gasteiger partial charge in [-0.25, -0.2) is 4.39 Å². The first kappa shape index (κ1) is 24.1. The van der Waals surface area contributed by atoms with Gasteiger partial charge in [0.1, 0.15) is 28.8 Å². The predicted molar refractivity (Wildman–Crippen MR) is 138 cm³/mol. The van der Waals surface area contributed by atoms with E-state index in [1.165, 1.54) is 12.1 Å². The SMILES string of the molecule is COc1cc(Oc2ccc(Nc3ccccc3)cc2)cc(OC)c1CNCCc1ccc(F)cc1. The lowest BCUT2D eigenvalue weighted by molar-refractivity contribution is 0.375. The summed E-state index contributed by atoms with van der Waals surface area (Å²) in [5.41, 5.74) is 3.98. The molecule has 0 aliphatic rings. The minimum atomic E-state index is -0.224. The number of nitrogens with one attached hydrogen (secondary N) is 2. The molecule has 6 heteroatoms. The molecule has 0 saturated carbocycles. The van der Waals surface area contributed by atoms with Gasteiger partial charge in [0, 0.05) is 30.1 Å². The number of halogens is 1. The van der Waals surface area contributed by atoms with Crippen LogP contribution in [0.2, 0.25) is 0 Å². The first-order chi connectivity index (χ1) is 17.1. The molecular formula is C29H29FN2O3. The third-order valence-corrected chi connectivity index (χ3v) is 5.54. The second-order valence-corrected chi connectivity index (χ2v) is 7.98. The molecule has 0 aromatic heterocycles. The van der Waals surface area contributed by atoms with Crippen LogP contribution in [-0.4, -0.2) is 20.8 Å². The van der Waals surface area contributed by atoms with Gasteiger partial charge in [-0.1, -0.05) is 30.3 Å². The molecule has 0 spiro atoms. The number of benzene rings is 4. The van der Waals surface area contributed by atoms with Crippen LogP contribution in [0, 0.1) is 5.82 Å². The summed E-state index contributed by atoms with van der Waals surface area (Å²) in [6.07, 6.45) is 0.793. The Balaban J connectivity index is 1.39. The van der Waals surface area contributed by atoms with Crippen LogP contribution in [0.3, 0.4) is 0 Å². The van der Waals surface area contributed by atoms with Gasteiger partial charge < -0.3 is 24.8 Å². The lowest BCUT2D eigenvalue weighted by Gasteiger charge is -2.16. The number of methoxy groups -OCH3 is 2. The Morgan fingerprint density at radius 1 is 0.714 bits per heavy atom. The average Bonchev–Trinajstić information content (AvgIpc) is 2.89. The minimum absolute atomic E-state index is 0.224. The van der Waals surface area contributed by atoms with Crippen molar-refractivity contribution in [2.75, 3.05) is 26.1 Å². The summed E-state index contributed by atoms with van der Waals surface area (Å²) >= 11 is 0. The molecule has 35 heavy (non-hydrogen) atoms. The standard InChI is InChI=1S/C29H29FN2O3/c1-33-28-18-26(35-25-14-12-24(13-15-25)32-23-6-4-3-5-7-23)19-29(34-2)27(28)20-31-17-16-21-8-10-22(30)11-9-21/h3-15,18-19,31-32H,16-17,20H2,1-2H3. The third-order valence-electron chi connectivity index (χ3n) is 5.54. The Hall–Kier alpha value is -4.03. The zero-order chi connectivity index (χ0) is 24.5. The van der Waals surface area contributed by atoms with Crippen LogP contribution in [-0.2, 0) is 13.0 Å². The number of anilines is 2. The van der Waals surface area contributed by atoms with E-state index in [9.17, 15) is 4.39 Å². The molecule has 0 aliphatic heterocycles. The summed E-state index contributed by atoms with van der Waals surface area (Å²) in [7, 11) is 3.26. The van der Waals surface area contributed by atoms with Gasteiger partial charge in [0.15, 0.2) is 0 Å². The van der Waals surface area contributed by atoms with Crippen LogP contribution in [0.1, 0.15) is 11.1 Å². The van der Waals surface area contributed by atoms with E-state index in [0.29, 0.717) is 29.5 Å². The summed E-state index contributed by atoms with van der Waals surface area (Å²) in [6, 6.07) is 28.0. The van der Waals surface area contributed by atoms with E-state index in [0.717, 1.165) is 35.5 Å². The van der Waals surface area contributed by atoms with E-state index in [2.05, 4.69) is 10.6 Å². The lowest BCUT2D eigenvalue weighted by atomic mass is 10.1. The fourth-order valence-corrected chi connectivity index (χ4v) is 3.72. The summed E-state index contributed by atoms with van der Waals surface area (Å²) in [5.74, 6) is 2.46. The molecule has 0 saturated heterocycles. The minimum Gasteiger partial charge on any atom is -0.496 e. The van der Waals surface area contributed by atoms with Crippen LogP contribution in [0.15, 0.2) is 91.0 Å². The first-order valence-electron chi connectivity index (χ1n) is 11.4. The van der Waals surface area contributed by atoms with Gasteiger partial charge in [-0.3, -0.25) is 0 Å². The normalized spacial score (nSPS) is 10.6. The van der Waals surface area contributed by atoms with Crippen molar-refractivity contribution in [3.05, 3.63) is 108 Å². The summed E-state index contributed by atoms with van der Waals surface area (Å²) in [5, 5.41) is 6.76. The van der Waals surface area contributed by atoms with Gasteiger partial charge in [-0.2, -0.15) is 0 Å². The summed E-state index contributed by atoms with van der Waals surface area (Å²) < 4.78 is 30.4. The van der Waals surface area contributed by atoms with Gasteiger partial charge in [-0.15, -0.1) is 0 Å². The van der Waals surface area contributed by atoms with Crippen molar-refractivity contribution in [1.29, 1.82) is 0 Å². The highest BCUT2D eigenvalue weighted by atomic mass is 19.1. The van der Waals surface area contributed by atoms with Crippen LogP contribution >= 0.6 is 0 Å². The van der Waals surface area contributed by atoms with Crippen molar-refractivity contribution in [2.24, 2.45) is 0 Å². The first-order valence-corrected chi connectivity index (χ1v) is 11.4. The lowest BCUT2D eigenvalue weighted by Crippen LogP contribution is -2.17. The van der Waals surface area contributed by atoms with E-state index in [1.54, 1.807) is 26.4 Å². The maximum absolute atomic E-state index is 13.1.